The van der Waals surface area contributed by atoms with Gasteiger partial charge >= 0.3 is 0 Å². The number of nitro benzene ring substituents is 1. The first-order valence-electron chi connectivity index (χ1n) is 7.86. The molecule has 2 N–H and O–H groups in total. The van der Waals surface area contributed by atoms with Crippen molar-refractivity contribution in [3.05, 3.63) is 80.3 Å². The maximum absolute atomic E-state index is 13.8. The van der Waals surface area contributed by atoms with E-state index >= 15 is 0 Å². The molecule has 0 aliphatic rings. The van der Waals surface area contributed by atoms with E-state index in [0.29, 0.717) is 16.3 Å². The normalized spacial score (nSPS) is 10.4. The molecule has 0 saturated heterocycles. The van der Waals surface area contributed by atoms with Crippen LogP contribution in [0.1, 0.15) is 10.6 Å². The Morgan fingerprint density at radius 2 is 1.93 bits per heavy atom. The molecule has 0 radical (unpaired) electrons. The average molecular weight is 454 g/mol. The molecule has 0 aliphatic carbocycles. The largest absolute Gasteiger partial charge is 0.451 e. The summed E-state index contributed by atoms with van der Waals surface area (Å²) in [4.78, 5) is 22.4. The Hall–Kier alpha value is -3.01. The predicted molar refractivity (Wildman–Crippen MR) is 111 cm³/mol. The van der Waals surface area contributed by atoms with Crippen LogP contribution >= 0.6 is 35.4 Å². The van der Waals surface area contributed by atoms with Crippen molar-refractivity contribution >= 4 is 57.8 Å². The number of furan rings is 1. The fourth-order valence-electron chi connectivity index (χ4n) is 2.34. The van der Waals surface area contributed by atoms with Crippen molar-refractivity contribution in [2.75, 3.05) is 5.32 Å². The number of carbonyl (C=O) groups is 1. The lowest BCUT2D eigenvalue weighted by molar-refractivity contribution is -0.384. The lowest BCUT2D eigenvalue weighted by atomic mass is 10.2. The van der Waals surface area contributed by atoms with Crippen LogP contribution in [0.4, 0.5) is 15.8 Å². The molecule has 0 bridgehead atoms. The van der Waals surface area contributed by atoms with E-state index in [1.54, 1.807) is 18.2 Å². The van der Waals surface area contributed by atoms with E-state index in [9.17, 15) is 19.3 Å². The van der Waals surface area contributed by atoms with Crippen molar-refractivity contribution in [3.8, 4) is 11.3 Å². The number of benzene rings is 2. The predicted octanol–water partition coefficient (Wildman–Crippen LogP) is 5.43. The van der Waals surface area contributed by atoms with E-state index in [2.05, 4.69) is 10.6 Å². The minimum absolute atomic E-state index is 0.0836. The Labute approximate surface area is 178 Å². The molecule has 0 saturated carbocycles. The number of nitrogens with one attached hydrogen (secondary N) is 2. The summed E-state index contributed by atoms with van der Waals surface area (Å²) in [6.45, 7) is 0. The summed E-state index contributed by atoms with van der Waals surface area (Å²) >= 11 is 17.1. The van der Waals surface area contributed by atoms with E-state index in [1.807, 2.05) is 0 Å². The number of anilines is 1. The number of nitrogens with zero attached hydrogens (tertiary/aromatic N) is 1. The van der Waals surface area contributed by atoms with Crippen molar-refractivity contribution in [2.45, 2.75) is 0 Å². The van der Waals surface area contributed by atoms with Gasteiger partial charge in [0.25, 0.3) is 11.6 Å². The summed E-state index contributed by atoms with van der Waals surface area (Å²) in [5.74, 6) is -1.26. The summed E-state index contributed by atoms with van der Waals surface area (Å²) in [5.41, 5.74) is -0.0926. The second-order valence-electron chi connectivity index (χ2n) is 5.59. The smallest absolute Gasteiger partial charge is 0.293 e. The van der Waals surface area contributed by atoms with Gasteiger partial charge in [0.15, 0.2) is 10.9 Å². The van der Waals surface area contributed by atoms with Crippen molar-refractivity contribution in [3.63, 3.8) is 0 Å². The Balaban J connectivity index is 1.72. The minimum atomic E-state index is -0.775. The highest BCUT2D eigenvalue weighted by atomic mass is 35.5. The van der Waals surface area contributed by atoms with Crippen molar-refractivity contribution in [2.24, 2.45) is 0 Å². The SMILES string of the molecule is O=C(NC(=S)Nc1cc([N+](=O)[O-])ccc1F)c1ccc(-c2cccc(Cl)c2Cl)o1. The van der Waals surface area contributed by atoms with Gasteiger partial charge < -0.3 is 9.73 Å². The number of non-ortho nitro benzene ring substituents is 1. The van der Waals surface area contributed by atoms with Crippen LogP contribution in [0.15, 0.2) is 52.9 Å². The van der Waals surface area contributed by atoms with E-state index in [4.69, 9.17) is 39.8 Å². The molecule has 1 amide bonds. The first-order chi connectivity index (χ1) is 13.8. The first-order valence-corrected chi connectivity index (χ1v) is 9.03. The fraction of sp³-hybridized carbons (Fsp3) is 0. The number of rotatable bonds is 4. The van der Waals surface area contributed by atoms with Crippen molar-refractivity contribution in [1.82, 2.24) is 5.32 Å². The minimum Gasteiger partial charge on any atom is -0.451 e. The Morgan fingerprint density at radius 3 is 2.66 bits per heavy atom. The number of amides is 1. The summed E-state index contributed by atoms with van der Waals surface area (Å²) in [7, 11) is 0. The Bertz CT molecular complexity index is 1140. The van der Waals surface area contributed by atoms with Crippen molar-refractivity contribution < 1.29 is 18.5 Å². The topological polar surface area (TPSA) is 97.4 Å². The number of thiocarbonyl (C=S) groups is 1. The molecule has 1 aromatic heterocycles. The van der Waals surface area contributed by atoms with E-state index in [1.165, 1.54) is 12.1 Å². The molecule has 148 valence electrons. The van der Waals surface area contributed by atoms with Crippen LogP contribution in [-0.2, 0) is 0 Å². The van der Waals surface area contributed by atoms with Crippen LogP contribution in [0.3, 0.4) is 0 Å². The molecular weight excluding hydrogens is 444 g/mol. The molecule has 11 heteroatoms. The van der Waals surface area contributed by atoms with Gasteiger partial charge in [0.2, 0.25) is 0 Å². The standard InChI is InChI=1S/C18H10Cl2FN3O4S/c19-11-3-1-2-10(16(11)20)14-6-7-15(28-14)17(25)23-18(29)22-13-8-9(24(26)27)4-5-12(13)21/h1-8H,(H2,22,23,25,29). The zero-order chi connectivity index (χ0) is 21.1. The molecule has 29 heavy (non-hydrogen) atoms. The average Bonchev–Trinajstić information content (AvgIpc) is 3.15. The van der Waals surface area contributed by atoms with Gasteiger partial charge in [-0.1, -0.05) is 29.3 Å². The van der Waals surface area contributed by atoms with Crippen LogP contribution in [0.25, 0.3) is 11.3 Å². The van der Waals surface area contributed by atoms with Crippen molar-refractivity contribution in [1.29, 1.82) is 0 Å². The molecule has 3 aromatic rings. The van der Waals surface area contributed by atoms with Crippen LogP contribution in [0.2, 0.25) is 10.0 Å². The number of hydrogen-bond donors (Lipinski definition) is 2. The second-order valence-corrected chi connectivity index (χ2v) is 6.79. The second kappa shape index (κ2) is 8.56. The first kappa shape index (κ1) is 20.7. The molecule has 1 heterocycles. The summed E-state index contributed by atoms with van der Waals surface area (Å²) in [5, 5.41) is 15.8. The van der Waals surface area contributed by atoms with E-state index in [0.717, 1.165) is 18.2 Å². The number of carbonyl (C=O) groups excluding carboxylic acids is 1. The van der Waals surface area contributed by atoms with Gasteiger partial charge in [0.05, 0.1) is 20.7 Å². The van der Waals surface area contributed by atoms with E-state index in [-0.39, 0.29) is 27.3 Å². The highest BCUT2D eigenvalue weighted by molar-refractivity contribution is 7.80. The molecule has 0 aliphatic heterocycles. The van der Waals surface area contributed by atoms with Gasteiger partial charge in [0, 0.05) is 17.7 Å². The maximum Gasteiger partial charge on any atom is 0.293 e. The molecule has 0 atom stereocenters. The lowest BCUT2D eigenvalue weighted by Gasteiger charge is -2.09. The van der Waals surface area contributed by atoms with Crippen LogP contribution < -0.4 is 10.6 Å². The summed E-state index contributed by atoms with van der Waals surface area (Å²) < 4.78 is 19.3. The summed E-state index contributed by atoms with van der Waals surface area (Å²) in [6.07, 6.45) is 0. The van der Waals surface area contributed by atoms with Crippen LogP contribution in [0.5, 0.6) is 0 Å². The van der Waals surface area contributed by atoms with Gasteiger partial charge in [-0.15, -0.1) is 0 Å². The van der Waals surface area contributed by atoms with E-state index < -0.39 is 16.6 Å². The third-order valence-corrected chi connectivity index (χ3v) is 4.71. The fourth-order valence-corrected chi connectivity index (χ4v) is 2.94. The lowest BCUT2D eigenvalue weighted by Crippen LogP contribution is -2.34. The summed E-state index contributed by atoms with van der Waals surface area (Å²) in [6, 6.07) is 10.8. The Morgan fingerprint density at radius 1 is 1.17 bits per heavy atom. The molecular formula is C18H10Cl2FN3O4S. The molecule has 0 unspecified atom stereocenters. The molecule has 0 spiro atoms. The van der Waals surface area contributed by atoms with Crippen LogP contribution in [-0.4, -0.2) is 15.9 Å². The van der Waals surface area contributed by atoms with Crippen LogP contribution in [0, 0.1) is 15.9 Å². The highest BCUT2D eigenvalue weighted by Crippen LogP contribution is 2.34. The number of nitro groups is 1. The number of hydrogen-bond acceptors (Lipinski definition) is 5. The molecule has 0 fully saturated rings. The van der Waals surface area contributed by atoms with Gasteiger partial charge in [-0.3, -0.25) is 20.2 Å². The quantitative estimate of drug-likeness (QED) is 0.310. The molecule has 3 rings (SSSR count). The van der Waals surface area contributed by atoms with Gasteiger partial charge in [-0.2, -0.15) is 0 Å². The number of halogens is 3. The third-order valence-electron chi connectivity index (χ3n) is 3.68. The third kappa shape index (κ3) is 4.70. The Kier molecular flexibility index (Phi) is 6.12. The monoisotopic (exact) mass is 453 g/mol. The highest BCUT2D eigenvalue weighted by Gasteiger charge is 2.17. The van der Waals surface area contributed by atoms with Gasteiger partial charge in [-0.05, 0) is 42.5 Å². The maximum atomic E-state index is 13.8. The molecule has 2 aromatic carbocycles. The zero-order valence-corrected chi connectivity index (χ0v) is 16.6. The van der Waals surface area contributed by atoms with Gasteiger partial charge in [-0.25, -0.2) is 4.39 Å². The zero-order valence-electron chi connectivity index (χ0n) is 14.2. The van der Waals surface area contributed by atoms with Gasteiger partial charge in [0.1, 0.15) is 11.6 Å². The molecule has 7 nitrogen and oxygen atoms in total.